The first-order valence-electron chi connectivity index (χ1n) is 5.56. The van der Waals surface area contributed by atoms with Gasteiger partial charge in [-0.3, -0.25) is 0 Å². The van der Waals surface area contributed by atoms with Gasteiger partial charge in [0.1, 0.15) is 5.52 Å². The molecule has 0 bridgehead atoms. The van der Waals surface area contributed by atoms with E-state index in [4.69, 9.17) is 5.84 Å². The fourth-order valence-electron chi connectivity index (χ4n) is 1.64. The van der Waals surface area contributed by atoms with Gasteiger partial charge in [-0.15, -0.1) is 0 Å². The molecule has 0 radical (unpaired) electrons. The number of nitrogen functional groups attached to an aromatic ring is 1. The molecule has 20 heavy (non-hydrogen) atoms. The largest absolute Gasteiger partial charge is 0.307 e. The van der Waals surface area contributed by atoms with Crippen LogP contribution >= 0.6 is 0 Å². The molecule has 0 saturated carbocycles. The number of anilines is 1. The maximum Gasteiger partial charge on any atom is 0.269 e. The van der Waals surface area contributed by atoms with E-state index in [-0.39, 0.29) is 10.6 Å². The fraction of sp³-hybridized carbons (Fsp3) is 0. The Morgan fingerprint density at radius 1 is 1.45 bits per heavy atom. The predicted octanol–water partition coefficient (Wildman–Crippen LogP) is 1.15. The number of hydrogen-bond acceptors (Lipinski definition) is 6. The minimum Gasteiger partial charge on any atom is -0.307 e. The molecule has 0 unspecified atom stereocenters. The SMILES string of the molecule is C=CC=C(C=C)S(=O)(=O)n1ccc2nc(NN)cnc21. The van der Waals surface area contributed by atoms with Gasteiger partial charge in [0.05, 0.1) is 11.1 Å². The Hall–Kier alpha value is -2.45. The van der Waals surface area contributed by atoms with Gasteiger partial charge in [0.25, 0.3) is 10.0 Å². The van der Waals surface area contributed by atoms with Gasteiger partial charge in [-0.05, 0) is 18.2 Å². The van der Waals surface area contributed by atoms with Crippen molar-refractivity contribution in [3.63, 3.8) is 0 Å². The Kier molecular flexibility index (Phi) is 3.68. The van der Waals surface area contributed by atoms with Crippen LogP contribution in [-0.4, -0.2) is 22.4 Å². The van der Waals surface area contributed by atoms with Gasteiger partial charge in [0.15, 0.2) is 11.5 Å². The van der Waals surface area contributed by atoms with Crippen LogP contribution in [-0.2, 0) is 10.0 Å². The molecule has 2 aromatic heterocycles. The first-order chi connectivity index (χ1) is 9.54. The van der Waals surface area contributed by atoms with Crippen molar-refractivity contribution >= 4 is 27.0 Å². The van der Waals surface area contributed by atoms with Crippen LogP contribution < -0.4 is 11.3 Å². The van der Waals surface area contributed by atoms with Crippen LogP contribution in [0.5, 0.6) is 0 Å². The summed E-state index contributed by atoms with van der Waals surface area (Å²) in [7, 11) is -3.78. The molecule has 0 aliphatic rings. The molecule has 0 spiro atoms. The maximum absolute atomic E-state index is 12.5. The van der Waals surface area contributed by atoms with Gasteiger partial charge in [0.2, 0.25) is 0 Å². The molecule has 0 aliphatic heterocycles. The van der Waals surface area contributed by atoms with Crippen LogP contribution in [0.4, 0.5) is 5.82 Å². The maximum atomic E-state index is 12.5. The van der Waals surface area contributed by atoms with E-state index in [1.54, 1.807) is 0 Å². The van der Waals surface area contributed by atoms with Crippen molar-refractivity contribution in [3.8, 4) is 0 Å². The molecular weight excluding hydrogens is 278 g/mol. The highest BCUT2D eigenvalue weighted by molar-refractivity contribution is 7.94. The molecule has 0 saturated heterocycles. The van der Waals surface area contributed by atoms with Gasteiger partial charge >= 0.3 is 0 Å². The van der Waals surface area contributed by atoms with Crippen molar-refractivity contribution < 1.29 is 8.42 Å². The smallest absolute Gasteiger partial charge is 0.269 e. The Morgan fingerprint density at radius 3 is 2.80 bits per heavy atom. The van der Waals surface area contributed by atoms with Gasteiger partial charge in [0, 0.05) is 6.20 Å². The molecule has 0 aliphatic carbocycles. The molecule has 8 heteroatoms. The minimum absolute atomic E-state index is 0.0211. The lowest BCUT2D eigenvalue weighted by Crippen LogP contribution is -2.14. The molecule has 2 heterocycles. The van der Waals surface area contributed by atoms with Crippen molar-refractivity contribution in [2.24, 2.45) is 5.84 Å². The second kappa shape index (κ2) is 5.27. The van der Waals surface area contributed by atoms with Crippen molar-refractivity contribution in [1.82, 2.24) is 13.9 Å². The highest BCUT2D eigenvalue weighted by atomic mass is 32.2. The third-order valence-corrected chi connectivity index (χ3v) is 4.25. The van der Waals surface area contributed by atoms with Crippen molar-refractivity contribution in [1.29, 1.82) is 0 Å². The Morgan fingerprint density at radius 2 is 2.20 bits per heavy atom. The summed E-state index contributed by atoms with van der Waals surface area (Å²) in [6, 6.07) is 1.54. The Balaban J connectivity index is 2.67. The zero-order chi connectivity index (χ0) is 14.8. The first kappa shape index (κ1) is 14.0. The monoisotopic (exact) mass is 291 g/mol. The second-order valence-electron chi connectivity index (χ2n) is 3.73. The van der Waals surface area contributed by atoms with E-state index in [1.807, 2.05) is 0 Å². The van der Waals surface area contributed by atoms with Gasteiger partial charge in [-0.25, -0.2) is 28.2 Å². The molecule has 0 atom stereocenters. The average molecular weight is 291 g/mol. The lowest BCUT2D eigenvalue weighted by atomic mass is 10.5. The number of nitrogens with one attached hydrogen (secondary N) is 1. The van der Waals surface area contributed by atoms with Crippen molar-refractivity contribution in [2.45, 2.75) is 0 Å². The minimum atomic E-state index is -3.78. The molecular formula is C12H13N5O2S. The van der Waals surface area contributed by atoms with Crippen molar-refractivity contribution in [2.75, 3.05) is 5.43 Å². The highest BCUT2D eigenvalue weighted by Crippen LogP contribution is 2.20. The predicted molar refractivity (Wildman–Crippen MR) is 78.1 cm³/mol. The van der Waals surface area contributed by atoms with E-state index in [9.17, 15) is 8.42 Å². The van der Waals surface area contributed by atoms with Crippen LogP contribution in [0, 0.1) is 0 Å². The number of aromatic nitrogens is 3. The summed E-state index contributed by atoms with van der Waals surface area (Å²) < 4.78 is 25.9. The number of hydrazine groups is 1. The lowest BCUT2D eigenvalue weighted by molar-refractivity contribution is 0.596. The van der Waals surface area contributed by atoms with E-state index in [2.05, 4.69) is 28.6 Å². The van der Waals surface area contributed by atoms with E-state index in [0.29, 0.717) is 11.3 Å². The van der Waals surface area contributed by atoms with Gasteiger partial charge < -0.3 is 5.43 Å². The molecule has 7 nitrogen and oxygen atoms in total. The van der Waals surface area contributed by atoms with E-state index in [1.165, 1.54) is 36.7 Å². The number of nitrogens with two attached hydrogens (primary N) is 1. The Labute approximate surface area is 116 Å². The summed E-state index contributed by atoms with van der Waals surface area (Å²) in [6.45, 7) is 6.97. The molecule has 2 rings (SSSR count). The lowest BCUT2D eigenvalue weighted by Gasteiger charge is -2.07. The van der Waals surface area contributed by atoms with Crippen molar-refractivity contribution in [3.05, 3.63) is 54.8 Å². The van der Waals surface area contributed by atoms with Crippen LogP contribution in [0.1, 0.15) is 0 Å². The number of hydrogen-bond donors (Lipinski definition) is 2. The highest BCUT2D eigenvalue weighted by Gasteiger charge is 2.20. The number of nitrogens with zero attached hydrogens (tertiary/aromatic N) is 3. The fourth-order valence-corrected chi connectivity index (χ4v) is 2.94. The summed E-state index contributed by atoms with van der Waals surface area (Å²) in [5, 5.41) is 0. The first-order valence-corrected chi connectivity index (χ1v) is 7.00. The van der Waals surface area contributed by atoms with Crippen LogP contribution in [0.25, 0.3) is 11.2 Å². The normalized spacial score (nSPS) is 12.3. The quantitative estimate of drug-likeness (QED) is 0.486. The van der Waals surface area contributed by atoms with E-state index >= 15 is 0 Å². The Bertz CT molecular complexity index is 804. The average Bonchev–Trinajstić information content (AvgIpc) is 2.87. The van der Waals surface area contributed by atoms with Gasteiger partial charge in [-0.1, -0.05) is 19.2 Å². The zero-order valence-corrected chi connectivity index (χ0v) is 11.3. The molecule has 2 aromatic rings. The van der Waals surface area contributed by atoms with E-state index < -0.39 is 10.0 Å². The number of fused-ring (bicyclic) bond motifs is 1. The molecule has 0 amide bonds. The summed E-state index contributed by atoms with van der Waals surface area (Å²) >= 11 is 0. The van der Waals surface area contributed by atoms with E-state index in [0.717, 1.165) is 3.97 Å². The molecule has 0 aromatic carbocycles. The topological polar surface area (TPSA) is 103 Å². The van der Waals surface area contributed by atoms with Crippen LogP contribution in [0.3, 0.4) is 0 Å². The van der Waals surface area contributed by atoms with Crippen LogP contribution in [0.2, 0.25) is 0 Å². The molecule has 3 N–H and O–H groups in total. The molecule has 0 fully saturated rings. The van der Waals surface area contributed by atoms with Gasteiger partial charge in [-0.2, -0.15) is 0 Å². The second-order valence-corrected chi connectivity index (χ2v) is 5.55. The molecule has 104 valence electrons. The standard InChI is InChI=1S/C12H13N5O2S/c1-3-5-9(4-2)20(18,19)17-7-6-10-12(17)14-8-11(15-10)16-13/h3-8H,1-2,13H2,(H,15,16). The summed E-state index contributed by atoms with van der Waals surface area (Å²) in [5.74, 6) is 5.58. The third kappa shape index (κ3) is 2.22. The summed E-state index contributed by atoms with van der Waals surface area (Å²) in [6.07, 6.45) is 6.70. The van der Waals surface area contributed by atoms with Crippen LogP contribution in [0.15, 0.2) is 54.8 Å². The summed E-state index contributed by atoms with van der Waals surface area (Å²) in [5.41, 5.74) is 2.97. The number of allylic oxidation sites excluding steroid dienone is 3. The zero-order valence-electron chi connectivity index (χ0n) is 10.5. The number of rotatable bonds is 5. The third-order valence-electron chi connectivity index (χ3n) is 2.54. The summed E-state index contributed by atoms with van der Waals surface area (Å²) in [4.78, 5) is 8.18.